The van der Waals surface area contributed by atoms with Crippen LogP contribution in [-0.4, -0.2) is 10.7 Å². The minimum absolute atomic E-state index is 0.100. The molecule has 0 amide bonds. The summed E-state index contributed by atoms with van der Waals surface area (Å²) in [4.78, 5) is 0. The maximum absolute atomic E-state index is 6.18. The zero-order chi connectivity index (χ0) is 25.9. The summed E-state index contributed by atoms with van der Waals surface area (Å²) < 4.78 is 9.60. The van der Waals surface area contributed by atoms with Gasteiger partial charge in [-0.05, 0) is 89.0 Å². The summed E-state index contributed by atoms with van der Waals surface area (Å²) in [6.45, 7) is 0. The van der Waals surface area contributed by atoms with Crippen LogP contribution in [-0.2, 0) is 0 Å². The summed E-state index contributed by atoms with van der Waals surface area (Å²) in [5.74, 6) is 1.27. The molecular formula is C36H24BrNO. The number of benzene rings is 5. The van der Waals surface area contributed by atoms with Gasteiger partial charge in [-0.25, -0.2) is 0 Å². The molecule has 1 aliphatic heterocycles. The number of para-hydroxylation sites is 2. The lowest BCUT2D eigenvalue weighted by molar-refractivity contribution is 0.269. The second kappa shape index (κ2) is 8.86. The molecule has 1 aliphatic carbocycles. The SMILES string of the molecule is Brc1cc(-c2ccc3c(c2)C2C=CC=CC2O3)cc(-c2ccc3c(c2)c2ccccc2n3-c2ccccc2)c1. The van der Waals surface area contributed by atoms with Gasteiger partial charge in [-0.1, -0.05) is 82.7 Å². The van der Waals surface area contributed by atoms with Crippen molar-refractivity contribution < 1.29 is 4.74 Å². The minimum Gasteiger partial charge on any atom is -0.485 e. The van der Waals surface area contributed by atoms with E-state index in [-0.39, 0.29) is 12.0 Å². The Morgan fingerprint density at radius 3 is 2.18 bits per heavy atom. The Morgan fingerprint density at radius 2 is 1.31 bits per heavy atom. The highest BCUT2D eigenvalue weighted by Gasteiger charge is 2.32. The van der Waals surface area contributed by atoms with Crippen LogP contribution in [0.5, 0.6) is 5.75 Å². The number of halogens is 1. The Balaban J connectivity index is 1.25. The van der Waals surface area contributed by atoms with Gasteiger partial charge in [0.25, 0.3) is 0 Å². The average molecular weight is 566 g/mol. The predicted octanol–water partition coefficient (Wildman–Crippen LogP) is 9.85. The van der Waals surface area contributed by atoms with Crippen LogP contribution < -0.4 is 4.74 Å². The number of nitrogens with zero attached hydrogens (tertiary/aromatic N) is 1. The van der Waals surface area contributed by atoms with E-state index in [4.69, 9.17) is 4.74 Å². The maximum Gasteiger partial charge on any atom is 0.128 e. The second-order valence-electron chi connectivity index (χ2n) is 10.3. The van der Waals surface area contributed by atoms with Gasteiger partial charge in [-0.2, -0.15) is 0 Å². The molecule has 0 radical (unpaired) electrons. The van der Waals surface area contributed by atoms with Gasteiger partial charge in [0, 0.05) is 32.4 Å². The third-order valence-corrected chi connectivity index (χ3v) is 8.43. The fourth-order valence-corrected chi connectivity index (χ4v) is 6.65. The van der Waals surface area contributed by atoms with Gasteiger partial charge in [0.15, 0.2) is 0 Å². The monoisotopic (exact) mass is 565 g/mol. The van der Waals surface area contributed by atoms with Crippen LogP contribution >= 0.6 is 15.9 Å². The quantitative estimate of drug-likeness (QED) is 0.208. The lowest BCUT2D eigenvalue weighted by atomic mass is 9.89. The number of aromatic nitrogens is 1. The molecule has 0 N–H and O–H groups in total. The third kappa shape index (κ3) is 3.69. The van der Waals surface area contributed by atoms with Gasteiger partial charge in [-0.15, -0.1) is 0 Å². The van der Waals surface area contributed by atoms with Crippen molar-refractivity contribution in [2.24, 2.45) is 0 Å². The Morgan fingerprint density at radius 1 is 0.590 bits per heavy atom. The molecule has 39 heavy (non-hydrogen) atoms. The van der Waals surface area contributed by atoms with Crippen molar-refractivity contribution in [1.82, 2.24) is 4.57 Å². The molecule has 0 spiro atoms. The number of allylic oxidation sites excluding steroid dienone is 2. The van der Waals surface area contributed by atoms with Crippen LogP contribution in [0.15, 0.2) is 138 Å². The summed E-state index contributed by atoms with van der Waals surface area (Å²) in [5.41, 5.74) is 9.64. The molecule has 0 saturated heterocycles. The highest BCUT2D eigenvalue weighted by atomic mass is 79.9. The zero-order valence-corrected chi connectivity index (χ0v) is 22.7. The lowest BCUT2D eigenvalue weighted by Gasteiger charge is -2.14. The lowest BCUT2D eigenvalue weighted by Crippen LogP contribution is -2.15. The molecular weight excluding hydrogens is 542 g/mol. The van der Waals surface area contributed by atoms with Crippen molar-refractivity contribution in [1.29, 1.82) is 0 Å². The van der Waals surface area contributed by atoms with E-state index in [0.717, 1.165) is 10.2 Å². The highest BCUT2D eigenvalue weighted by Crippen LogP contribution is 2.44. The van der Waals surface area contributed by atoms with Crippen LogP contribution in [0.3, 0.4) is 0 Å². The van der Waals surface area contributed by atoms with E-state index in [1.807, 2.05) is 0 Å². The first-order chi connectivity index (χ1) is 19.2. The number of hydrogen-bond acceptors (Lipinski definition) is 1. The largest absolute Gasteiger partial charge is 0.485 e. The fraction of sp³-hybridized carbons (Fsp3) is 0.0556. The van der Waals surface area contributed by atoms with Crippen molar-refractivity contribution >= 4 is 37.7 Å². The average Bonchev–Trinajstić information content (AvgIpc) is 3.52. The van der Waals surface area contributed by atoms with E-state index in [0.29, 0.717) is 0 Å². The van der Waals surface area contributed by atoms with Crippen molar-refractivity contribution in [2.75, 3.05) is 0 Å². The summed E-state index contributed by atoms with van der Waals surface area (Å²) >= 11 is 3.80. The topological polar surface area (TPSA) is 14.2 Å². The second-order valence-corrected chi connectivity index (χ2v) is 11.2. The molecule has 6 aromatic rings. The van der Waals surface area contributed by atoms with Crippen LogP contribution in [0.1, 0.15) is 11.5 Å². The highest BCUT2D eigenvalue weighted by molar-refractivity contribution is 9.10. The van der Waals surface area contributed by atoms with E-state index < -0.39 is 0 Å². The normalized spacial score (nSPS) is 17.4. The first-order valence-corrected chi connectivity index (χ1v) is 14.1. The van der Waals surface area contributed by atoms with Crippen LogP contribution in [0.4, 0.5) is 0 Å². The smallest absolute Gasteiger partial charge is 0.128 e. The first kappa shape index (κ1) is 22.6. The molecule has 2 heterocycles. The standard InChI is InChI=1S/C36H24BrNO/c37-27-19-25(18-26(20-27)24-15-17-36-32(22-24)30-11-5-7-13-35(30)39-36)23-14-16-34-31(21-23)29-10-4-6-12-33(29)38(34)28-8-2-1-3-9-28/h1-22,30,35H. The Kier molecular flexibility index (Phi) is 5.14. The van der Waals surface area contributed by atoms with Crippen LogP contribution in [0.25, 0.3) is 49.7 Å². The predicted molar refractivity (Wildman–Crippen MR) is 165 cm³/mol. The number of rotatable bonds is 3. The zero-order valence-electron chi connectivity index (χ0n) is 21.1. The van der Waals surface area contributed by atoms with Gasteiger partial charge in [0.2, 0.25) is 0 Å². The fourth-order valence-electron chi connectivity index (χ4n) is 6.15. The minimum atomic E-state index is 0.100. The van der Waals surface area contributed by atoms with Crippen molar-refractivity contribution in [2.45, 2.75) is 12.0 Å². The molecule has 2 atom stereocenters. The molecule has 2 unspecified atom stereocenters. The molecule has 2 nitrogen and oxygen atoms in total. The molecule has 0 bridgehead atoms. The van der Waals surface area contributed by atoms with Gasteiger partial charge in [-0.3, -0.25) is 0 Å². The number of hydrogen-bond donors (Lipinski definition) is 0. The van der Waals surface area contributed by atoms with Crippen molar-refractivity contribution in [3.63, 3.8) is 0 Å². The van der Waals surface area contributed by atoms with E-state index in [2.05, 4.69) is 154 Å². The molecule has 2 aliphatic rings. The summed E-state index contributed by atoms with van der Waals surface area (Å²) in [7, 11) is 0. The van der Waals surface area contributed by atoms with Crippen molar-refractivity contribution in [3.05, 3.63) is 144 Å². The van der Waals surface area contributed by atoms with Gasteiger partial charge >= 0.3 is 0 Å². The summed E-state index contributed by atoms with van der Waals surface area (Å²) in [6.07, 6.45) is 8.68. The molecule has 8 rings (SSSR count). The van der Waals surface area contributed by atoms with Crippen LogP contribution in [0.2, 0.25) is 0 Å². The molecule has 0 fully saturated rings. The van der Waals surface area contributed by atoms with Gasteiger partial charge < -0.3 is 9.30 Å². The molecule has 5 aromatic carbocycles. The number of fused-ring (bicyclic) bond motifs is 6. The first-order valence-electron chi connectivity index (χ1n) is 13.3. The molecule has 0 saturated carbocycles. The summed E-state index contributed by atoms with van der Waals surface area (Å²) in [6, 6.07) is 39.4. The van der Waals surface area contributed by atoms with Gasteiger partial charge in [0.05, 0.1) is 11.0 Å². The summed E-state index contributed by atoms with van der Waals surface area (Å²) in [5, 5.41) is 2.52. The Labute approximate surface area is 235 Å². The third-order valence-electron chi connectivity index (χ3n) is 7.97. The number of ether oxygens (including phenoxy) is 1. The van der Waals surface area contributed by atoms with Crippen LogP contribution in [0, 0.1) is 0 Å². The Bertz CT molecular complexity index is 1960. The Hall–Kier alpha value is -4.34. The van der Waals surface area contributed by atoms with E-state index in [1.54, 1.807) is 0 Å². The molecule has 3 heteroatoms. The van der Waals surface area contributed by atoms with Crippen molar-refractivity contribution in [3.8, 4) is 33.7 Å². The molecule has 1 aromatic heterocycles. The van der Waals surface area contributed by atoms with E-state index >= 15 is 0 Å². The maximum atomic E-state index is 6.18. The van der Waals surface area contributed by atoms with E-state index in [1.165, 1.54) is 55.3 Å². The molecule has 186 valence electrons. The van der Waals surface area contributed by atoms with E-state index in [9.17, 15) is 0 Å². The van der Waals surface area contributed by atoms with Gasteiger partial charge in [0.1, 0.15) is 11.9 Å².